The van der Waals surface area contributed by atoms with Crippen LogP contribution < -0.4 is 10.1 Å². The van der Waals surface area contributed by atoms with E-state index in [-0.39, 0.29) is 5.57 Å². The lowest BCUT2D eigenvalue weighted by Gasteiger charge is -2.39. The maximum atomic E-state index is 15.7. The molecule has 3 heterocycles. The molecule has 0 spiro atoms. The molecule has 2 aromatic carbocycles. The van der Waals surface area contributed by atoms with Crippen molar-refractivity contribution < 1.29 is 41.5 Å². The molecule has 4 aliphatic rings. The highest BCUT2D eigenvalue weighted by molar-refractivity contribution is 6.98. The van der Waals surface area contributed by atoms with Gasteiger partial charge in [-0.3, -0.25) is 0 Å². The molecule has 11 heteroatoms. The smallest absolute Gasteiger partial charge is 0.339 e. The number of halogens is 4. The highest BCUT2D eigenvalue weighted by atomic mass is 28.3. The number of benzene rings is 2. The molecule has 0 bridgehead atoms. The maximum Gasteiger partial charge on any atom is 0.339 e. The van der Waals surface area contributed by atoms with Crippen LogP contribution in [0.15, 0.2) is 47.2 Å². The third kappa shape index (κ3) is 4.47. The van der Waals surface area contributed by atoms with Gasteiger partial charge in [0.2, 0.25) is 0 Å². The molecule has 0 aromatic heterocycles. The summed E-state index contributed by atoms with van der Waals surface area (Å²) in [6, 6.07) is 5.62. The minimum absolute atomic E-state index is 0.0385. The second-order valence-electron chi connectivity index (χ2n) is 11.0. The van der Waals surface area contributed by atoms with E-state index in [1.807, 2.05) is 24.3 Å². The number of anilines is 1. The van der Waals surface area contributed by atoms with E-state index in [1.54, 1.807) is 12.1 Å². The Morgan fingerprint density at radius 1 is 0.927 bits per heavy atom. The molecule has 0 atom stereocenters. The quantitative estimate of drug-likeness (QED) is 0.194. The van der Waals surface area contributed by atoms with E-state index in [4.69, 9.17) is 9.47 Å². The van der Waals surface area contributed by atoms with Crippen molar-refractivity contribution in [2.45, 2.75) is 13.1 Å². The second-order valence-corrected chi connectivity index (χ2v) is 15.3. The lowest BCUT2D eigenvalue weighted by Crippen LogP contribution is -2.50. The van der Waals surface area contributed by atoms with E-state index in [0.29, 0.717) is 63.7 Å². The van der Waals surface area contributed by atoms with Crippen LogP contribution in [0.2, 0.25) is 13.1 Å². The number of carbonyl (C=O) groups is 1. The number of rotatable bonds is 3. The number of ether oxygens (including phenoxy) is 2. The second kappa shape index (κ2) is 10.4. The summed E-state index contributed by atoms with van der Waals surface area (Å²) in [6.45, 7) is 9.31. The van der Waals surface area contributed by atoms with Gasteiger partial charge in [-0.05, 0) is 45.3 Å². The molecule has 2 aromatic rings. The highest BCUT2D eigenvalue weighted by Crippen LogP contribution is 2.44. The van der Waals surface area contributed by atoms with Gasteiger partial charge in [0.25, 0.3) is 0 Å². The summed E-state index contributed by atoms with van der Waals surface area (Å²) in [7, 11) is -2.56. The largest absolute Gasteiger partial charge is 0.478 e. The zero-order chi connectivity index (χ0) is 29.1. The molecular formula is C30H29F4N2O4Si+. The van der Waals surface area contributed by atoms with Crippen LogP contribution >= 0.6 is 0 Å². The molecule has 0 radical (unpaired) electrons. The minimum atomic E-state index is -2.56. The number of aromatic carboxylic acids is 1. The van der Waals surface area contributed by atoms with Gasteiger partial charge in [-0.2, -0.15) is 0 Å². The SMILES string of the molecule is C[Si]1(C)C2=CC(=[N+]3CCOCC3)C=CC2=C(c2c(F)c(F)c(F)c(F)c2C(=O)O)c2ccc(N3CCOCC3)cc21. The van der Waals surface area contributed by atoms with Gasteiger partial charge in [0.1, 0.15) is 26.9 Å². The van der Waals surface area contributed by atoms with Gasteiger partial charge >= 0.3 is 5.97 Å². The number of carboxylic acids is 1. The normalized spacial score (nSPS) is 20.1. The average molecular weight is 586 g/mol. The molecule has 1 N–H and O–H groups in total. The van der Waals surface area contributed by atoms with Gasteiger partial charge in [0.05, 0.1) is 13.2 Å². The van der Waals surface area contributed by atoms with Crippen LogP contribution in [-0.2, 0) is 9.47 Å². The van der Waals surface area contributed by atoms with Gasteiger partial charge in [0.15, 0.2) is 42.1 Å². The van der Waals surface area contributed by atoms with Crippen LogP contribution in [0.3, 0.4) is 0 Å². The summed E-state index contributed by atoms with van der Waals surface area (Å²) < 4.78 is 72.9. The van der Waals surface area contributed by atoms with Crippen LogP contribution in [0.1, 0.15) is 21.5 Å². The molecule has 0 unspecified atom stereocenters. The number of allylic oxidation sites excluding steroid dienone is 5. The Morgan fingerprint density at radius 2 is 1.59 bits per heavy atom. The van der Waals surface area contributed by atoms with Crippen molar-refractivity contribution in [1.82, 2.24) is 0 Å². The topological polar surface area (TPSA) is 62.0 Å². The third-order valence-corrected chi connectivity index (χ3v) is 11.9. The van der Waals surface area contributed by atoms with Gasteiger partial charge < -0.3 is 19.5 Å². The fourth-order valence-corrected chi connectivity index (χ4v) is 9.27. The van der Waals surface area contributed by atoms with Crippen molar-refractivity contribution in [3.63, 3.8) is 0 Å². The first-order chi connectivity index (χ1) is 19.6. The molecule has 1 aliphatic carbocycles. The molecule has 2 fully saturated rings. The summed E-state index contributed by atoms with van der Waals surface area (Å²) in [4.78, 5) is 14.4. The summed E-state index contributed by atoms with van der Waals surface area (Å²) in [5.74, 6) is -9.75. The minimum Gasteiger partial charge on any atom is -0.478 e. The molecule has 41 heavy (non-hydrogen) atoms. The molecular weight excluding hydrogens is 556 g/mol. The van der Waals surface area contributed by atoms with E-state index in [0.717, 1.165) is 21.8 Å². The van der Waals surface area contributed by atoms with Crippen molar-refractivity contribution in [1.29, 1.82) is 0 Å². The van der Waals surface area contributed by atoms with Crippen molar-refractivity contribution in [3.05, 3.63) is 87.2 Å². The molecule has 0 amide bonds. The van der Waals surface area contributed by atoms with E-state index in [2.05, 4.69) is 22.6 Å². The fraction of sp³-hybridized carbons (Fsp3) is 0.333. The average Bonchev–Trinajstić information content (AvgIpc) is 2.99. The van der Waals surface area contributed by atoms with Crippen LogP contribution in [0, 0.1) is 23.3 Å². The van der Waals surface area contributed by atoms with Gasteiger partial charge in [-0.1, -0.05) is 19.2 Å². The van der Waals surface area contributed by atoms with E-state index in [1.165, 1.54) is 0 Å². The first kappa shape index (κ1) is 27.6. The highest BCUT2D eigenvalue weighted by Gasteiger charge is 2.43. The Kier molecular flexibility index (Phi) is 6.99. The van der Waals surface area contributed by atoms with Crippen molar-refractivity contribution in [3.8, 4) is 0 Å². The van der Waals surface area contributed by atoms with Gasteiger partial charge in [-0.25, -0.2) is 26.9 Å². The number of carboxylic acid groups (broad SMARTS) is 1. The molecule has 0 saturated carbocycles. The molecule has 214 valence electrons. The summed E-state index contributed by atoms with van der Waals surface area (Å²) in [5, 5.41) is 11.6. The van der Waals surface area contributed by atoms with Crippen molar-refractivity contribution in [2.75, 3.05) is 57.5 Å². The Labute approximate surface area is 235 Å². The monoisotopic (exact) mass is 585 g/mol. The van der Waals surface area contributed by atoms with Crippen LogP contribution in [0.4, 0.5) is 23.2 Å². The predicted octanol–water partition coefficient (Wildman–Crippen LogP) is 4.03. The van der Waals surface area contributed by atoms with Crippen LogP contribution in [0.25, 0.3) is 5.57 Å². The first-order valence-electron chi connectivity index (χ1n) is 13.5. The zero-order valence-corrected chi connectivity index (χ0v) is 23.7. The fourth-order valence-electron chi connectivity index (χ4n) is 6.20. The number of hydrogen-bond acceptors (Lipinski definition) is 4. The predicted molar refractivity (Wildman–Crippen MR) is 149 cm³/mol. The molecule has 3 aliphatic heterocycles. The van der Waals surface area contributed by atoms with Crippen molar-refractivity contribution in [2.24, 2.45) is 0 Å². The van der Waals surface area contributed by atoms with Crippen LogP contribution in [0.5, 0.6) is 0 Å². The van der Waals surface area contributed by atoms with Crippen molar-refractivity contribution >= 4 is 36.2 Å². The molecule has 6 nitrogen and oxygen atoms in total. The summed E-state index contributed by atoms with van der Waals surface area (Å²) >= 11 is 0. The van der Waals surface area contributed by atoms with E-state index < -0.39 is 48.4 Å². The maximum absolute atomic E-state index is 15.7. The van der Waals surface area contributed by atoms with Gasteiger partial charge in [0, 0.05) is 36.5 Å². The molecule has 2 saturated heterocycles. The lowest BCUT2D eigenvalue weighted by atomic mass is 9.86. The Balaban J connectivity index is 1.67. The van der Waals surface area contributed by atoms with E-state index in [9.17, 15) is 18.7 Å². The number of fused-ring (bicyclic) bond motifs is 2. The number of morpholine rings is 2. The molecule has 6 rings (SSSR count). The number of nitrogens with zero attached hydrogens (tertiary/aromatic N) is 2. The third-order valence-electron chi connectivity index (χ3n) is 8.38. The zero-order valence-electron chi connectivity index (χ0n) is 22.7. The summed E-state index contributed by atoms with van der Waals surface area (Å²) in [5.41, 5.74) is 0.833. The van der Waals surface area contributed by atoms with Gasteiger partial charge in [-0.15, -0.1) is 0 Å². The van der Waals surface area contributed by atoms with E-state index >= 15 is 8.78 Å². The first-order valence-corrected chi connectivity index (χ1v) is 16.5. The van der Waals surface area contributed by atoms with Crippen LogP contribution in [-0.4, -0.2) is 82.0 Å². The Hall–Kier alpha value is -3.54. The standard InChI is InChI=1S/C30H28F4N2O4Si/c1-41(2)21-15-17(35-7-11-39-12-8-35)3-5-19(21)23(24-25(30(37)38)27(32)29(34)28(33)26(24)31)20-6-4-18(16-22(20)41)36-9-13-40-14-10-36/h3-6,15-16H,7-14H2,1-2H3/p+1. The lowest BCUT2D eigenvalue weighted by molar-refractivity contribution is -0.547. The Bertz CT molecular complexity index is 1600. The Morgan fingerprint density at radius 3 is 2.27 bits per heavy atom. The summed E-state index contributed by atoms with van der Waals surface area (Å²) in [6.07, 6.45) is 5.62. The number of hydrogen-bond donors (Lipinski definition) is 1.